The van der Waals surface area contributed by atoms with E-state index in [-0.39, 0.29) is 5.82 Å². The third-order valence-electron chi connectivity index (χ3n) is 2.47. The second kappa shape index (κ2) is 6.91. The fraction of sp³-hybridized carbons (Fsp3) is 0.500. The van der Waals surface area contributed by atoms with Crippen molar-refractivity contribution in [2.75, 3.05) is 20.1 Å². The van der Waals surface area contributed by atoms with Crippen LogP contribution in [0.15, 0.2) is 18.2 Å². The summed E-state index contributed by atoms with van der Waals surface area (Å²) in [5.41, 5.74) is 5.87. The lowest BCUT2D eigenvalue weighted by Gasteiger charge is -2.20. The fourth-order valence-corrected chi connectivity index (χ4v) is 1.86. The van der Waals surface area contributed by atoms with E-state index in [0.717, 1.165) is 0 Å². The van der Waals surface area contributed by atoms with Crippen molar-refractivity contribution in [3.05, 3.63) is 34.6 Å². The molecular weight excluding hydrogens is 243 g/mol. The number of benzene rings is 1. The third-order valence-corrected chi connectivity index (χ3v) is 2.71. The molecular formula is C12H18ClFN2O. The molecule has 1 unspecified atom stereocenters. The monoisotopic (exact) mass is 260 g/mol. The molecule has 1 aromatic carbocycles. The number of likely N-dealkylation sites (N-methyl/N-ethyl adjacent to an activating group) is 1. The van der Waals surface area contributed by atoms with Gasteiger partial charge in [-0.2, -0.15) is 0 Å². The van der Waals surface area contributed by atoms with E-state index in [0.29, 0.717) is 36.6 Å². The number of rotatable bonds is 6. The van der Waals surface area contributed by atoms with E-state index < -0.39 is 6.10 Å². The summed E-state index contributed by atoms with van der Waals surface area (Å²) in [6.07, 6.45) is 0.0646. The topological polar surface area (TPSA) is 49.5 Å². The van der Waals surface area contributed by atoms with Crippen molar-refractivity contribution in [1.82, 2.24) is 4.90 Å². The van der Waals surface area contributed by atoms with Crippen LogP contribution in [-0.4, -0.2) is 36.2 Å². The molecule has 0 aliphatic rings. The number of nitrogens with two attached hydrogens (primary N) is 1. The molecule has 3 nitrogen and oxygen atoms in total. The quantitative estimate of drug-likeness (QED) is 0.817. The van der Waals surface area contributed by atoms with Crippen molar-refractivity contribution >= 4 is 11.6 Å². The zero-order valence-electron chi connectivity index (χ0n) is 9.87. The van der Waals surface area contributed by atoms with Crippen molar-refractivity contribution in [3.63, 3.8) is 0 Å². The lowest BCUT2D eigenvalue weighted by atomic mass is 10.2. The SMILES string of the molecule is CN(Cc1cc(Cl)ccc1F)CC(O)CCN. The molecule has 0 aliphatic carbocycles. The maximum atomic E-state index is 13.4. The zero-order chi connectivity index (χ0) is 12.8. The largest absolute Gasteiger partial charge is 0.392 e. The predicted octanol–water partition coefficient (Wildman–Crippen LogP) is 1.62. The summed E-state index contributed by atoms with van der Waals surface area (Å²) in [6.45, 7) is 1.32. The van der Waals surface area contributed by atoms with Gasteiger partial charge in [0.25, 0.3) is 0 Å². The molecule has 0 aromatic heterocycles. The van der Waals surface area contributed by atoms with Gasteiger partial charge in [-0.25, -0.2) is 4.39 Å². The number of aliphatic hydroxyl groups excluding tert-OH is 1. The van der Waals surface area contributed by atoms with Crippen LogP contribution >= 0.6 is 11.6 Å². The Labute approximate surface area is 106 Å². The summed E-state index contributed by atoms with van der Waals surface area (Å²) in [5.74, 6) is -0.283. The van der Waals surface area contributed by atoms with Gasteiger partial charge in [-0.3, -0.25) is 4.90 Å². The number of nitrogens with zero attached hydrogens (tertiary/aromatic N) is 1. The molecule has 0 saturated heterocycles. The summed E-state index contributed by atoms with van der Waals surface area (Å²) in [4.78, 5) is 1.84. The standard InChI is InChI=1S/C12H18ClFN2O/c1-16(8-11(17)4-5-15)7-9-6-10(13)2-3-12(9)14/h2-3,6,11,17H,4-5,7-8,15H2,1H3. The Hall–Kier alpha value is -0.680. The van der Waals surface area contributed by atoms with Crippen molar-refractivity contribution in [2.24, 2.45) is 5.73 Å². The molecule has 0 spiro atoms. The predicted molar refractivity (Wildman–Crippen MR) is 67.4 cm³/mol. The molecule has 0 fully saturated rings. The Morgan fingerprint density at radius 2 is 2.24 bits per heavy atom. The third kappa shape index (κ3) is 5.00. The Bertz CT molecular complexity index is 362. The van der Waals surface area contributed by atoms with Gasteiger partial charge in [0, 0.05) is 23.7 Å². The highest BCUT2D eigenvalue weighted by Crippen LogP contribution is 2.16. The smallest absolute Gasteiger partial charge is 0.127 e. The second-order valence-electron chi connectivity index (χ2n) is 4.16. The van der Waals surface area contributed by atoms with Crippen LogP contribution in [-0.2, 0) is 6.54 Å². The summed E-state index contributed by atoms with van der Waals surface area (Å²) in [5, 5.41) is 10.1. The van der Waals surface area contributed by atoms with Crippen LogP contribution in [0.3, 0.4) is 0 Å². The summed E-state index contributed by atoms with van der Waals surface area (Å²) in [6, 6.07) is 4.47. The maximum absolute atomic E-state index is 13.4. The van der Waals surface area contributed by atoms with Gasteiger partial charge in [-0.1, -0.05) is 11.6 Å². The molecule has 5 heteroatoms. The lowest BCUT2D eigenvalue weighted by Crippen LogP contribution is -2.30. The number of hydrogen-bond acceptors (Lipinski definition) is 3. The average molecular weight is 261 g/mol. The van der Waals surface area contributed by atoms with E-state index in [1.165, 1.54) is 12.1 Å². The Morgan fingerprint density at radius 3 is 2.88 bits per heavy atom. The molecule has 0 radical (unpaired) electrons. The minimum absolute atomic E-state index is 0.283. The van der Waals surface area contributed by atoms with Crippen LogP contribution in [0.25, 0.3) is 0 Å². The van der Waals surface area contributed by atoms with E-state index >= 15 is 0 Å². The first-order valence-corrected chi connectivity index (χ1v) is 5.91. The van der Waals surface area contributed by atoms with Crippen LogP contribution in [0.4, 0.5) is 4.39 Å². The number of halogens is 2. The first kappa shape index (κ1) is 14.4. The summed E-state index contributed by atoms with van der Waals surface area (Å²) >= 11 is 5.80. The van der Waals surface area contributed by atoms with Crippen LogP contribution < -0.4 is 5.73 Å². The van der Waals surface area contributed by atoms with Gasteiger partial charge in [0.05, 0.1) is 6.10 Å². The molecule has 0 aliphatic heterocycles. The highest BCUT2D eigenvalue weighted by atomic mass is 35.5. The van der Waals surface area contributed by atoms with Gasteiger partial charge in [-0.05, 0) is 38.2 Å². The van der Waals surface area contributed by atoms with Crippen molar-refractivity contribution in [1.29, 1.82) is 0 Å². The fourth-order valence-electron chi connectivity index (χ4n) is 1.66. The minimum atomic E-state index is -0.479. The van der Waals surface area contributed by atoms with Crippen LogP contribution in [0.1, 0.15) is 12.0 Å². The lowest BCUT2D eigenvalue weighted by molar-refractivity contribution is 0.116. The van der Waals surface area contributed by atoms with Gasteiger partial charge in [0.1, 0.15) is 5.82 Å². The van der Waals surface area contributed by atoms with Crippen LogP contribution in [0, 0.1) is 5.82 Å². The van der Waals surface area contributed by atoms with Gasteiger partial charge >= 0.3 is 0 Å². The average Bonchev–Trinajstić information content (AvgIpc) is 2.23. The molecule has 3 N–H and O–H groups in total. The van der Waals surface area contributed by atoms with E-state index in [4.69, 9.17) is 17.3 Å². The molecule has 17 heavy (non-hydrogen) atoms. The van der Waals surface area contributed by atoms with Gasteiger partial charge in [0.2, 0.25) is 0 Å². The Morgan fingerprint density at radius 1 is 1.53 bits per heavy atom. The highest BCUT2D eigenvalue weighted by molar-refractivity contribution is 6.30. The molecule has 1 aromatic rings. The molecule has 0 heterocycles. The van der Waals surface area contributed by atoms with Crippen molar-refractivity contribution < 1.29 is 9.50 Å². The first-order valence-electron chi connectivity index (χ1n) is 5.53. The van der Waals surface area contributed by atoms with Gasteiger partial charge < -0.3 is 10.8 Å². The Balaban J connectivity index is 2.55. The van der Waals surface area contributed by atoms with Gasteiger partial charge in [-0.15, -0.1) is 0 Å². The van der Waals surface area contributed by atoms with E-state index in [1.54, 1.807) is 6.07 Å². The van der Waals surface area contributed by atoms with E-state index in [1.807, 2.05) is 11.9 Å². The molecule has 1 atom stereocenters. The summed E-state index contributed by atoms with van der Waals surface area (Å²) < 4.78 is 13.4. The van der Waals surface area contributed by atoms with Gasteiger partial charge in [0.15, 0.2) is 0 Å². The van der Waals surface area contributed by atoms with Crippen molar-refractivity contribution in [3.8, 4) is 0 Å². The summed E-state index contributed by atoms with van der Waals surface area (Å²) in [7, 11) is 1.82. The van der Waals surface area contributed by atoms with E-state index in [9.17, 15) is 9.50 Å². The molecule has 0 amide bonds. The number of aliphatic hydroxyl groups is 1. The van der Waals surface area contributed by atoms with Crippen molar-refractivity contribution in [2.45, 2.75) is 19.1 Å². The van der Waals surface area contributed by atoms with E-state index in [2.05, 4.69) is 0 Å². The van der Waals surface area contributed by atoms with Crippen LogP contribution in [0.5, 0.6) is 0 Å². The first-order chi connectivity index (χ1) is 8.02. The second-order valence-corrected chi connectivity index (χ2v) is 4.60. The van der Waals surface area contributed by atoms with Crippen LogP contribution in [0.2, 0.25) is 5.02 Å². The number of hydrogen-bond donors (Lipinski definition) is 2. The zero-order valence-corrected chi connectivity index (χ0v) is 10.6. The molecule has 0 bridgehead atoms. The maximum Gasteiger partial charge on any atom is 0.127 e. The molecule has 0 saturated carbocycles. The normalized spacial score (nSPS) is 13.1. The Kier molecular flexibility index (Phi) is 5.85. The molecule has 96 valence electrons. The highest BCUT2D eigenvalue weighted by Gasteiger charge is 2.10. The minimum Gasteiger partial charge on any atom is -0.392 e. The molecule has 1 rings (SSSR count).